The van der Waals surface area contributed by atoms with Crippen molar-refractivity contribution in [2.24, 2.45) is 0 Å². The van der Waals surface area contributed by atoms with Crippen LogP contribution < -0.4 is 15.4 Å². The van der Waals surface area contributed by atoms with Gasteiger partial charge >= 0.3 is 6.18 Å². The van der Waals surface area contributed by atoms with Gasteiger partial charge in [0.1, 0.15) is 11.9 Å². The van der Waals surface area contributed by atoms with E-state index in [0.29, 0.717) is 37.7 Å². The van der Waals surface area contributed by atoms with Crippen molar-refractivity contribution in [1.29, 1.82) is 0 Å². The molecule has 0 radical (unpaired) electrons. The fraction of sp³-hybridized carbons (Fsp3) is 0.500. The maximum Gasteiger partial charge on any atom is 0.408 e. The lowest BCUT2D eigenvalue weighted by Gasteiger charge is -2.40. The molecule has 30 heavy (non-hydrogen) atoms. The van der Waals surface area contributed by atoms with Crippen LogP contribution in [0, 0.1) is 0 Å². The van der Waals surface area contributed by atoms with Gasteiger partial charge in [0.05, 0.1) is 25.9 Å². The number of alkyl halides is 3. The molecule has 2 aliphatic rings. The smallest absolute Gasteiger partial charge is 0.387 e. The monoisotopic (exact) mass is 424 g/mol. The zero-order valence-electron chi connectivity index (χ0n) is 16.3. The highest BCUT2D eigenvalue weighted by molar-refractivity contribution is 5.47. The second-order valence-corrected chi connectivity index (χ2v) is 7.43. The minimum atomic E-state index is -4.52. The van der Waals surface area contributed by atoms with E-state index < -0.39 is 23.9 Å². The Balaban J connectivity index is 1.73. The van der Waals surface area contributed by atoms with E-state index in [9.17, 15) is 23.1 Å². The highest BCUT2D eigenvalue weighted by atomic mass is 19.4. The zero-order chi connectivity index (χ0) is 21.3. The van der Waals surface area contributed by atoms with Gasteiger partial charge in [-0.1, -0.05) is 30.3 Å². The molecule has 0 amide bonds. The lowest BCUT2D eigenvalue weighted by molar-refractivity contribution is -0.153. The molecule has 4 rings (SSSR count). The molecule has 0 spiro atoms. The standard InChI is InChI=1S/C20H23F3N4O3/c21-20(22,23)16-6-7-26-18(29)12-17(25-8-10-30-11-9-25)24-19(26)27(16)13-15(28)14-4-2-1-3-5-14/h1-5,12,15-16,28H,6-11,13H2/t15-,16?/m1/s1. The molecule has 2 atom stereocenters. The number of nitrogens with zero attached hydrogens (tertiary/aromatic N) is 4. The van der Waals surface area contributed by atoms with Crippen molar-refractivity contribution < 1.29 is 23.0 Å². The number of halogens is 3. The number of anilines is 2. The quantitative estimate of drug-likeness (QED) is 0.809. The van der Waals surface area contributed by atoms with Crippen LogP contribution in [0.15, 0.2) is 41.2 Å². The molecule has 1 aromatic heterocycles. The number of rotatable bonds is 4. The predicted molar refractivity (Wildman–Crippen MR) is 105 cm³/mol. The Morgan fingerprint density at radius 3 is 2.53 bits per heavy atom. The number of hydrogen-bond donors (Lipinski definition) is 1. The van der Waals surface area contributed by atoms with Crippen LogP contribution in [-0.2, 0) is 11.3 Å². The van der Waals surface area contributed by atoms with Crippen molar-refractivity contribution in [3.8, 4) is 0 Å². The molecule has 10 heteroatoms. The molecular formula is C20H23F3N4O3. The minimum absolute atomic E-state index is 0.0625. The maximum absolute atomic E-state index is 13.8. The topological polar surface area (TPSA) is 70.8 Å². The molecule has 0 saturated carbocycles. The Hall–Kier alpha value is -2.59. The van der Waals surface area contributed by atoms with Crippen LogP contribution in [0.4, 0.5) is 24.9 Å². The maximum atomic E-state index is 13.8. The molecule has 7 nitrogen and oxygen atoms in total. The molecular weight excluding hydrogens is 401 g/mol. The van der Waals surface area contributed by atoms with Crippen LogP contribution >= 0.6 is 0 Å². The van der Waals surface area contributed by atoms with Gasteiger partial charge in [0.15, 0.2) is 0 Å². The van der Waals surface area contributed by atoms with Crippen LogP contribution in [0.25, 0.3) is 0 Å². The number of β-amino-alcohol motifs (C(OH)–C–C–N with tert-alkyl or cyclic N) is 1. The molecule has 1 aromatic carbocycles. The summed E-state index contributed by atoms with van der Waals surface area (Å²) in [6.45, 7) is 1.53. The fourth-order valence-electron chi connectivity index (χ4n) is 3.93. The van der Waals surface area contributed by atoms with Crippen molar-refractivity contribution in [3.63, 3.8) is 0 Å². The van der Waals surface area contributed by atoms with Crippen LogP contribution in [0.5, 0.6) is 0 Å². The third kappa shape index (κ3) is 4.15. The third-order valence-electron chi connectivity index (χ3n) is 5.50. The Morgan fingerprint density at radius 2 is 1.87 bits per heavy atom. The molecule has 2 aliphatic heterocycles. The van der Waals surface area contributed by atoms with Crippen molar-refractivity contribution in [1.82, 2.24) is 9.55 Å². The van der Waals surface area contributed by atoms with Gasteiger partial charge < -0.3 is 19.6 Å². The Labute approximate surface area is 171 Å². The summed E-state index contributed by atoms with van der Waals surface area (Å²) >= 11 is 0. The van der Waals surface area contributed by atoms with Crippen LogP contribution in [-0.4, -0.2) is 59.7 Å². The summed E-state index contributed by atoms with van der Waals surface area (Å²) < 4.78 is 48.0. The van der Waals surface area contributed by atoms with E-state index in [0.717, 1.165) is 4.90 Å². The minimum Gasteiger partial charge on any atom is -0.387 e. The summed E-state index contributed by atoms with van der Waals surface area (Å²) in [6.07, 6.45) is -5.96. The van der Waals surface area contributed by atoms with E-state index in [4.69, 9.17) is 4.74 Å². The summed E-state index contributed by atoms with van der Waals surface area (Å²) in [5.41, 5.74) is 0.101. The molecule has 0 aliphatic carbocycles. The lowest BCUT2D eigenvalue weighted by atomic mass is 10.1. The molecule has 162 valence electrons. The Morgan fingerprint density at radius 1 is 1.17 bits per heavy atom. The average Bonchev–Trinajstić information content (AvgIpc) is 2.74. The highest BCUT2D eigenvalue weighted by Gasteiger charge is 2.47. The van der Waals surface area contributed by atoms with Crippen molar-refractivity contribution in [2.45, 2.75) is 31.3 Å². The number of hydrogen-bond acceptors (Lipinski definition) is 6. The molecule has 1 unspecified atom stereocenters. The fourth-order valence-corrected chi connectivity index (χ4v) is 3.93. The lowest BCUT2D eigenvalue weighted by Crippen LogP contribution is -2.53. The van der Waals surface area contributed by atoms with Gasteiger partial charge in [-0.25, -0.2) is 0 Å². The van der Waals surface area contributed by atoms with E-state index >= 15 is 0 Å². The number of fused-ring (bicyclic) bond motifs is 1. The van der Waals surface area contributed by atoms with Gasteiger partial charge in [-0.05, 0) is 12.0 Å². The van der Waals surface area contributed by atoms with Crippen molar-refractivity contribution in [2.75, 3.05) is 42.6 Å². The summed E-state index contributed by atoms with van der Waals surface area (Å²) in [6, 6.07) is 8.02. The van der Waals surface area contributed by atoms with E-state index in [2.05, 4.69) is 4.98 Å². The Kier molecular flexibility index (Phi) is 5.70. The normalized spacial score (nSPS) is 20.7. The second-order valence-electron chi connectivity index (χ2n) is 7.43. The Bertz CT molecular complexity index is 929. The first-order valence-electron chi connectivity index (χ1n) is 9.85. The highest BCUT2D eigenvalue weighted by Crippen LogP contribution is 2.35. The van der Waals surface area contributed by atoms with Gasteiger partial charge in [0, 0.05) is 25.7 Å². The van der Waals surface area contributed by atoms with Gasteiger partial charge in [0.25, 0.3) is 5.56 Å². The van der Waals surface area contributed by atoms with Gasteiger partial charge in [-0.15, -0.1) is 0 Å². The van der Waals surface area contributed by atoms with E-state index in [1.54, 1.807) is 30.3 Å². The summed E-state index contributed by atoms with van der Waals surface area (Å²) in [7, 11) is 0. The van der Waals surface area contributed by atoms with Crippen molar-refractivity contribution in [3.05, 3.63) is 52.3 Å². The average molecular weight is 424 g/mol. The molecule has 1 N–H and O–H groups in total. The first-order chi connectivity index (χ1) is 14.3. The molecule has 3 heterocycles. The van der Waals surface area contributed by atoms with Gasteiger partial charge in [-0.2, -0.15) is 18.2 Å². The molecule has 0 bridgehead atoms. The van der Waals surface area contributed by atoms with Gasteiger partial charge in [0.2, 0.25) is 5.95 Å². The van der Waals surface area contributed by atoms with Crippen LogP contribution in [0.2, 0.25) is 0 Å². The second kappa shape index (κ2) is 8.27. The molecule has 1 fully saturated rings. The third-order valence-corrected chi connectivity index (χ3v) is 5.50. The number of ether oxygens (including phenoxy) is 1. The first kappa shape index (κ1) is 20.7. The summed E-state index contributed by atoms with van der Waals surface area (Å²) in [5, 5.41) is 10.6. The number of benzene rings is 1. The first-order valence-corrected chi connectivity index (χ1v) is 9.85. The number of aromatic nitrogens is 2. The van der Waals surface area contributed by atoms with E-state index in [1.807, 2.05) is 4.90 Å². The number of aliphatic hydroxyl groups excluding tert-OH is 1. The van der Waals surface area contributed by atoms with Crippen molar-refractivity contribution >= 4 is 11.8 Å². The van der Waals surface area contributed by atoms with E-state index in [-0.39, 0.29) is 25.5 Å². The van der Waals surface area contributed by atoms with E-state index in [1.165, 1.54) is 10.6 Å². The van der Waals surface area contributed by atoms with Crippen LogP contribution in [0.1, 0.15) is 18.1 Å². The van der Waals surface area contributed by atoms with Gasteiger partial charge in [-0.3, -0.25) is 9.36 Å². The number of morpholine rings is 1. The molecule has 2 aromatic rings. The zero-order valence-corrected chi connectivity index (χ0v) is 16.3. The SMILES string of the molecule is O=c1cc(N2CCOCC2)nc2n1CCC(C(F)(F)F)N2C[C@@H](O)c1ccccc1. The summed E-state index contributed by atoms with van der Waals surface area (Å²) in [5.74, 6) is 0.268. The predicted octanol–water partition coefficient (Wildman–Crippen LogP) is 1.95. The summed E-state index contributed by atoms with van der Waals surface area (Å²) in [4.78, 5) is 20.0. The number of aliphatic hydroxyl groups is 1. The largest absolute Gasteiger partial charge is 0.408 e. The molecule has 1 saturated heterocycles. The van der Waals surface area contributed by atoms with Crippen LogP contribution in [0.3, 0.4) is 0 Å².